The van der Waals surface area contributed by atoms with Crippen LogP contribution < -0.4 is 20.7 Å². The summed E-state index contributed by atoms with van der Waals surface area (Å²) >= 11 is 0. The van der Waals surface area contributed by atoms with Crippen LogP contribution in [0.5, 0.6) is 0 Å². The first-order valence-electron chi connectivity index (χ1n) is 24.2. The molecule has 328 valence electrons. The van der Waals surface area contributed by atoms with Crippen LogP contribution in [-0.2, 0) is 0 Å². The monoisotopic (exact) mass is 907 g/mol. The van der Waals surface area contributed by atoms with Gasteiger partial charge >= 0.3 is 0 Å². The Kier molecular flexibility index (Phi) is 9.23. The van der Waals surface area contributed by atoms with Crippen LogP contribution in [0.25, 0.3) is 93.6 Å². The van der Waals surface area contributed by atoms with E-state index in [1.807, 2.05) is 0 Å². The van der Waals surface area contributed by atoms with Crippen molar-refractivity contribution in [1.29, 1.82) is 0 Å². The first kappa shape index (κ1) is 40.1. The van der Waals surface area contributed by atoms with E-state index in [-0.39, 0.29) is 0 Å². The normalized spacial score (nSPS) is 12.0. The molecular weight excluding hydrogens is 863 g/mol. The summed E-state index contributed by atoms with van der Waals surface area (Å²) in [6.45, 7) is 0. The largest absolute Gasteiger partial charge is 0.309 e. The van der Waals surface area contributed by atoms with E-state index < -0.39 is 8.07 Å². The van der Waals surface area contributed by atoms with Gasteiger partial charge in [0, 0.05) is 49.4 Å². The molecule has 0 N–H and O–H groups in total. The van der Waals surface area contributed by atoms with Crippen LogP contribution in [0.3, 0.4) is 0 Å². The molecular formula is C66H45N3Si. The van der Waals surface area contributed by atoms with Crippen LogP contribution in [0.4, 0.5) is 0 Å². The van der Waals surface area contributed by atoms with Gasteiger partial charge in [0.25, 0.3) is 0 Å². The maximum Gasteiger partial charge on any atom is 0.181 e. The van der Waals surface area contributed by atoms with Crippen molar-refractivity contribution in [3.63, 3.8) is 0 Å². The fourth-order valence-corrected chi connectivity index (χ4v) is 16.8. The van der Waals surface area contributed by atoms with Gasteiger partial charge in [-0.3, -0.25) is 0 Å². The van der Waals surface area contributed by atoms with Crippen molar-refractivity contribution >= 4 is 94.2 Å². The van der Waals surface area contributed by atoms with Crippen molar-refractivity contribution in [2.75, 3.05) is 0 Å². The Bertz CT molecular complexity index is 4130. The summed E-state index contributed by atoms with van der Waals surface area (Å²) in [6, 6.07) is 102. The van der Waals surface area contributed by atoms with E-state index in [9.17, 15) is 0 Å². The number of aromatic nitrogens is 3. The van der Waals surface area contributed by atoms with Gasteiger partial charge in [0.15, 0.2) is 8.07 Å². The minimum absolute atomic E-state index is 1.12. The maximum absolute atomic E-state index is 3.03. The second-order valence-corrected chi connectivity index (χ2v) is 22.2. The SMILES string of the molecule is c1ccc(-c2cccc(-n3c4ccccc4c4cc(-n5c6cc(-n7c8ccccc8c8ccccc87)ccc6c6cccc([Si](c7ccccc7)(c7ccccc7)c7ccccc7)c65)ccc43)c2)cc1. The van der Waals surface area contributed by atoms with Gasteiger partial charge < -0.3 is 13.7 Å². The molecule has 0 radical (unpaired) electrons. The number of hydrogen-bond donors (Lipinski definition) is 0. The molecule has 70 heavy (non-hydrogen) atoms. The van der Waals surface area contributed by atoms with Crippen molar-refractivity contribution < 1.29 is 0 Å². The highest BCUT2D eigenvalue weighted by atomic mass is 28.3. The van der Waals surface area contributed by atoms with Crippen LogP contribution in [-0.4, -0.2) is 21.8 Å². The summed E-state index contributed by atoms with van der Waals surface area (Å²) < 4.78 is 7.50. The van der Waals surface area contributed by atoms with Crippen LogP contribution >= 0.6 is 0 Å². The molecule has 0 aliphatic heterocycles. The van der Waals surface area contributed by atoms with Crippen LogP contribution in [0.1, 0.15) is 0 Å². The lowest BCUT2D eigenvalue weighted by molar-refractivity contribution is 1.15. The highest BCUT2D eigenvalue weighted by Gasteiger charge is 2.43. The molecule has 0 bridgehead atoms. The van der Waals surface area contributed by atoms with E-state index >= 15 is 0 Å². The first-order chi connectivity index (χ1) is 34.8. The topological polar surface area (TPSA) is 14.8 Å². The number of fused-ring (bicyclic) bond motifs is 9. The van der Waals surface area contributed by atoms with Gasteiger partial charge in [0.05, 0.1) is 33.1 Å². The second kappa shape index (κ2) is 16.1. The molecule has 3 aromatic heterocycles. The quantitative estimate of drug-likeness (QED) is 0.107. The summed E-state index contributed by atoms with van der Waals surface area (Å²) in [6.07, 6.45) is 0. The van der Waals surface area contributed by atoms with E-state index in [0.717, 1.165) is 22.6 Å². The maximum atomic E-state index is 2.61. The zero-order valence-corrected chi connectivity index (χ0v) is 39.3. The first-order valence-corrected chi connectivity index (χ1v) is 26.2. The molecule has 0 saturated heterocycles. The lowest BCUT2D eigenvalue weighted by atomic mass is 10.1. The molecule has 0 fully saturated rings. The van der Waals surface area contributed by atoms with E-state index in [1.54, 1.807) is 0 Å². The fourth-order valence-electron chi connectivity index (χ4n) is 11.8. The Morgan fingerprint density at radius 1 is 0.229 bits per heavy atom. The third-order valence-corrected chi connectivity index (χ3v) is 19.6. The summed E-state index contributed by atoms with van der Waals surface area (Å²) in [7, 11) is -3.03. The van der Waals surface area contributed by atoms with E-state index in [0.29, 0.717) is 0 Å². The number of rotatable bonds is 8. The Morgan fingerprint density at radius 3 is 1.23 bits per heavy atom. The third kappa shape index (κ3) is 6.00. The molecule has 0 aliphatic carbocycles. The molecule has 4 heteroatoms. The Hall–Kier alpha value is -8.96. The van der Waals surface area contributed by atoms with Gasteiger partial charge in [-0.05, 0) is 92.5 Å². The molecule has 11 aromatic carbocycles. The van der Waals surface area contributed by atoms with E-state index in [1.165, 1.54) is 91.8 Å². The van der Waals surface area contributed by atoms with Crippen molar-refractivity contribution in [2.45, 2.75) is 0 Å². The molecule has 0 amide bonds. The Labute approximate surface area is 407 Å². The minimum Gasteiger partial charge on any atom is -0.309 e. The third-order valence-electron chi connectivity index (χ3n) is 14.8. The smallest absolute Gasteiger partial charge is 0.181 e. The average molecular weight is 908 g/mol. The summed E-state index contributed by atoms with van der Waals surface area (Å²) in [4.78, 5) is 0. The van der Waals surface area contributed by atoms with Crippen LogP contribution in [0, 0.1) is 0 Å². The van der Waals surface area contributed by atoms with Crippen LogP contribution in [0.15, 0.2) is 273 Å². The van der Waals surface area contributed by atoms with E-state index in [4.69, 9.17) is 0 Å². The number of para-hydroxylation sites is 4. The molecule has 3 heterocycles. The molecule has 14 aromatic rings. The van der Waals surface area contributed by atoms with Crippen LogP contribution in [0.2, 0.25) is 0 Å². The van der Waals surface area contributed by atoms with Gasteiger partial charge in [-0.15, -0.1) is 0 Å². The van der Waals surface area contributed by atoms with Crippen molar-refractivity contribution in [3.8, 4) is 28.2 Å². The lowest BCUT2D eigenvalue weighted by Crippen LogP contribution is -2.75. The predicted molar refractivity (Wildman–Crippen MR) is 299 cm³/mol. The van der Waals surface area contributed by atoms with Gasteiger partial charge in [-0.2, -0.15) is 0 Å². The number of hydrogen-bond acceptors (Lipinski definition) is 0. The molecule has 0 unspecified atom stereocenters. The molecule has 0 aliphatic rings. The summed E-state index contributed by atoms with van der Waals surface area (Å²) in [5, 5.41) is 12.8. The second-order valence-electron chi connectivity index (χ2n) is 18.4. The Balaban J connectivity index is 1.11. The Morgan fingerprint density at radius 2 is 0.643 bits per heavy atom. The highest BCUT2D eigenvalue weighted by Crippen LogP contribution is 2.40. The molecule has 0 saturated carbocycles. The summed E-state index contributed by atoms with van der Waals surface area (Å²) in [5.41, 5.74) is 12.9. The molecule has 14 rings (SSSR count). The van der Waals surface area contributed by atoms with E-state index in [2.05, 4.69) is 287 Å². The van der Waals surface area contributed by atoms with Gasteiger partial charge in [-0.25, -0.2) is 0 Å². The average Bonchev–Trinajstić information content (AvgIpc) is 4.08. The standard InChI is InChI=1S/C66H45N3Si/c1-5-21-46(22-6-1)47-23-19-24-48(43-47)67-62-37-18-15-33-56(62)59-44-49(40-42-63(59)67)69-64-45-50(68-60-35-16-13-31-54(60)55-32-14-17-36-61(55)68)39-41-57(64)58-34-20-38-65(66(58)69)70(51-25-7-2-8-26-51,52-27-9-3-10-28-52)53-29-11-4-12-30-53/h1-45H. The molecule has 3 nitrogen and oxygen atoms in total. The van der Waals surface area contributed by atoms with Crippen molar-refractivity contribution in [2.24, 2.45) is 0 Å². The number of benzene rings is 11. The van der Waals surface area contributed by atoms with Crippen molar-refractivity contribution in [3.05, 3.63) is 273 Å². The minimum atomic E-state index is -3.03. The molecule has 0 atom stereocenters. The number of nitrogens with zero attached hydrogens (tertiary/aromatic N) is 3. The van der Waals surface area contributed by atoms with Gasteiger partial charge in [-0.1, -0.05) is 212 Å². The summed E-state index contributed by atoms with van der Waals surface area (Å²) in [5.74, 6) is 0. The van der Waals surface area contributed by atoms with Gasteiger partial charge in [0.1, 0.15) is 0 Å². The predicted octanol–water partition coefficient (Wildman–Crippen LogP) is 14.0. The lowest BCUT2D eigenvalue weighted by Gasteiger charge is -2.35. The fraction of sp³-hybridized carbons (Fsp3) is 0. The zero-order chi connectivity index (χ0) is 46.2. The highest BCUT2D eigenvalue weighted by molar-refractivity contribution is 7.20. The van der Waals surface area contributed by atoms with Crippen molar-refractivity contribution in [1.82, 2.24) is 13.7 Å². The van der Waals surface area contributed by atoms with Gasteiger partial charge in [0.2, 0.25) is 0 Å². The zero-order valence-electron chi connectivity index (χ0n) is 38.3. The molecule has 0 spiro atoms.